The molecule has 2 aromatic rings. The Balaban J connectivity index is 1.74. The zero-order chi connectivity index (χ0) is 16.4. The highest BCUT2D eigenvalue weighted by molar-refractivity contribution is 9.10. The van der Waals surface area contributed by atoms with Crippen molar-refractivity contribution in [2.75, 3.05) is 0 Å². The molecule has 0 saturated carbocycles. The number of carbonyl (C=O) groups excluding carboxylic acids is 1. The van der Waals surface area contributed by atoms with Crippen LogP contribution in [0.15, 0.2) is 59.1 Å². The van der Waals surface area contributed by atoms with Gasteiger partial charge in [-0.15, -0.1) is 0 Å². The van der Waals surface area contributed by atoms with Crippen molar-refractivity contribution in [3.8, 4) is 5.75 Å². The quantitative estimate of drug-likeness (QED) is 0.863. The Kier molecular flexibility index (Phi) is 4.63. The maximum Gasteiger partial charge on any atom is 0.257 e. The monoisotopic (exact) mass is 391 g/mol. The molecule has 0 spiro atoms. The minimum Gasteiger partial charge on any atom is -0.486 e. The Morgan fingerprint density at radius 3 is 2.52 bits per heavy atom. The van der Waals surface area contributed by atoms with Crippen LogP contribution in [0.2, 0.25) is 0 Å². The number of amides is 1. The largest absolute Gasteiger partial charge is 0.486 e. The third-order valence-corrected chi connectivity index (χ3v) is 5.06. The lowest BCUT2D eigenvalue weighted by molar-refractivity contribution is -0.114. The van der Waals surface area contributed by atoms with Gasteiger partial charge in [0.05, 0.1) is 4.91 Å². The third-order valence-electron chi connectivity index (χ3n) is 3.42. The van der Waals surface area contributed by atoms with Crippen molar-refractivity contribution < 1.29 is 13.7 Å². The van der Waals surface area contributed by atoms with Crippen molar-refractivity contribution in [1.82, 2.24) is 4.72 Å². The molecule has 1 aliphatic rings. The Bertz CT molecular complexity index is 802. The van der Waals surface area contributed by atoms with Crippen molar-refractivity contribution >= 4 is 37.7 Å². The fourth-order valence-electron chi connectivity index (χ4n) is 2.27. The lowest BCUT2D eigenvalue weighted by Crippen LogP contribution is -2.16. The molecular weight excluding hydrogens is 378 g/mol. The van der Waals surface area contributed by atoms with E-state index in [-0.39, 0.29) is 12.0 Å². The molecule has 4 nitrogen and oxygen atoms in total. The van der Waals surface area contributed by atoms with Gasteiger partial charge in [0, 0.05) is 10.5 Å². The Morgan fingerprint density at radius 1 is 1.17 bits per heavy atom. The molecule has 1 amide bonds. The zero-order valence-electron chi connectivity index (χ0n) is 12.3. The number of hydrogen-bond acceptors (Lipinski definition) is 3. The SMILES string of the molecule is C[C@@H](Oc1ccc(C2=CC(=O)NS2=O)cc1)c1cccc(Br)c1. The highest BCUT2D eigenvalue weighted by atomic mass is 79.9. The molecule has 2 aromatic carbocycles. The molecule has 1 aliphatic heterocycles. The van der Waals surface area contributed by atoms with Gasteiger partial charge >= 0.3 is 0 Å². The molecular formula is C17H14BrNO3S. The van der Waals surface area contributed by atoms with Crippen LogP contribution < -0.4 is 9.46 Å². The predicted octanol–water partition coefficient (Wildman–Crippen LogP) is 3.72. The van der Waals surface area contributed by atoms with Gasteiger partial charge in [0.25, 0.3) is 5.91 Å². The van der Waals surface area contributed by atoms with Gasteiger partial charge in [0.2, 0.25) is 0 Å². The van der Waals surface area contributed by atoms with E-state index in [9.17, 15) is 9.00 Å². The van der Waals surface area contributed by atoms with Gasteiger partial charge in [0.15, 0.2) is 11.0 Å². The lowest BCUT2D eigenvalue weighted by atomic mass is 10.1. The summed E-state index contributed by atoms with van der Waals surface area (Å²) in [4.78, 5) is 11.7. The van der Waals surface area contributed by atoms with Crippen LogP contribution in [0.25, 0.3) is 4.91 Å². The Labute approximate surface area is 145 Å². The number of nitrogens with one attached hydrogen (secondary N) is 1. The number of rotatable bonds is 4. The molecule has 1 N–H and O–H groups in total. The van der Waals surface area contributed by atoms with Crippen molar-refractivity contribution in [1.29, 1.82) is 0 Å². The summed E-state index contributed by atoms with van der Waals surface area (Å²) in [5.41, 5.74) is 1.81. The number of hydrogen-bond donors (Lipinski definition) is 1. The van der Waals surface area contributed by atoms with Gasteiger partial charge in [0.1, 0.15) is 11.9 Å². The van der Waals surface area contributed by atoms with Crippen molar-refractivity contribution in [2.24, 2.45) is 0 Å². The molecule has 0 aromatic heterocycles. The van der Waals surface area contributed by atoms with Crippen molar-refractivity contribution in [3.05, 3.63) is 70.2 Å². The third kappa shape index (κ3) is 3.71. The minimum atomic E-state index is -1.48. The van der Waals surface area contributed by atoms with E-state index >= 15 is 0 Å². The van der Waals surface area contributed by atoms with Crippen LogP contribution in [0, 0.1) is 0 Å². The summed E-state index contributed by atoms with van der Waals surface area (Å²) in [5.74, 6) is 0.381. The molecule has 0 aliphatic carbocycles. The average molecular weight is 392 g/mol. The van der Waals surface area contributed by atoms with E-state index in [0.29, 0.717) is 10.7 Å². The minimum absolute atomic E-state index is 0.0959. The second-order valence-corrected chi connectivity index (χ2v) is 7.18. The summed E-state index contributed by atoms with van der Waals surface area (Å²) >= 11 is 3.45. The maximum absolute atomic E-state index is 11.7. The van der Waals surface area contributed by atoms with Gasteiger partial charge in [-0.2, -0.15) is 0 Å². The topological polar surface area (TPSA) is 55.4 Å². The van der Waals surface area contributed by atoms with E-state index in [2.05, 4.69) is 20.7 Å². The standard InChI is InChI=1S/C17H14BrNO3S/c1-11(13-3-2-4-14(18)9-13)22-15-7-5-12(6-8-15)16-10-17(20)19-23(16)21/h2-11H,1H3,(H,19,20)/t11-,23?/m1/s1. The molecule has 0 saturated heterocycles. The van der Waals surface area contributed by atoms with Crippen LogP contribution in [0.5, 0.6) is 5.75 Å². The summed E-state index contributed by atoms with van der Waals surface area (Å²) in [6, 6.07) is 15.2. The molecule has 118 valence electrons. The second-order valence-electron chi connectivity index (χ2n) is 5.08. The first-order valence-electron chi connectivity index (χ1n) is 6.99. The van der Waals surface area contributed by atoms with Crippen LogP contribution in [0.4, 0.5) is 0 Å². The first-order valence-corrected chi connectivity index (χ1v) is 8.94. The first-order chi connectivity index (χ1) is 11.0. The van der Waals surface area contributed by atoms with Gasteiger partial charge < -0.3 is 4.74 Å². The summed E-state index contributed by atoms with van der Waals surface area (Å²) in [6.45, 7) is 1.98. The molecule has 1 unspecified atom stereocenters. The van der Waals surface area contributed by atoms with E-state index in [0.717, 1.165) is 15.6 Å². The lowest BCUT2D eigenvalue weighted by Gasteiger charge is -2.15. The molecule has 0 fully saturated rings. The normalized spacial score (nSPS) is 18.3. The van der Waals surface area contributed by atoms with Crippen LogP contribution in [-0.4, -0.2) is 10.1 Å². The number of benzene rings is 2. The van der Waals surface area contributed by atoms with E-state index in [1.54, 1.807) is 12.1 Å². The van der Waals surface area contributed by atoms with Gasteiger partial charge in [-0.05, 0) is 42.3 Å². The van der Waals surface area contributed by atoms with Crippen LogP contribution in [-0.2, 0) is 15.8 Å². The fourth-order valence-corrected chi connectivity index (χ4v) is 3.60. The molecule has 2 atom stereocenters. The highest BCUT2D eigenvalue weighted by Gasteiger charge is 2.20. The average Bonchev–Trinajstić information content (AvgIpc) is 2.86. The molecule has 1 heterocycles. The number of carbonyl (C=O) groups is 1. The summed E-state index contributed by atoms with van der Waals surface area (Å²) in [6.07, 6.45) is 1.26. The molecule has 3 rings (SSSR count). The first kappa shape index (κ1) is 16.0. The highest BCUT2D eigenvalue weighted by Crippen LogP contribution is 2.27. The summed E-state index contributed by atoms with van der Waals surface area (Å²) in [7, 11) is -1.48. The van der Waals surface area contributed by atoms with E-state index in [1.165, 1.54) is 6.08 Å². The van der Waals surface area contributed by atoms with Crippen LogP contribution in [0.3, 0.4) is 0 Å². The fraction of sp³-hybridized carbons (Fsp3) is 0.118. The number of ether oxygens (including phenoxy) is 1. The summed E-state index contributed by atoms with van der Waals surface area (Å²) < 4.78 is 21.0. The van der Waals surface area contributed by atoms with Crippen LogP contribution in [0.1, 0.15) is 24.2 Å². The smallest absolute Gasteiger partial charge is 0.257 e. The predicted molar refractivity (Wildman–Crippen MR) is 93.9 cm³/mol. The second kappa shape index (κ2) is 6.68. The van der Waals surface area contributed by atoms with Crippen LogP contribution >= 0.6 is 15.9 Å². The molecule has 0 bridgehead atoms. The number of halogens is 1. The van der Waals surface area contributed by atoms with E-state index in [4.69, 9.17) is 4.74 Å². The maximum atomic E-state index is 11.7. The van der Waals surface area contributed by atoms with Gasteiger partial charge in [-0.25, -0.2) is 4.21 Å². The Hall–Kier alpha value is -1.92. The summed E-state index contributed by atoms with van der Waals surface area (Å²) in [5, 5.41) is 0. The molecule has 0 radical (unpaired) electrons. The van der Waals surface area contributed by atoms with Crippen molar-refractivity contribution in [3.63, 3.8) is 0 Å². The van der Waals surface area contributed by atoms with Crippen molar-refractivity contribution in [2.45, 2.75) is 13.0 Å². The van der Waals surface area contributed by atoms with Gasteiger partial charge in [-0.3, -0.25) is 9.52 Å². The molecule has 6 heteroatoms. The molecule has 23 heavy (non-hydrogen) atoms. The van der Waals surface area contributed by atoms with E-state index < -0.39 is 11.0 Å². The van der Waals surface area contributed by atoms with Gasteiger partial charge in [-0.1, -0.05) is 40.2 Å². The Morgan fingerprint density at radius 2 is 1.91 bits per heavy atom. The van der Waals surface area contributed by atoms with E-state index in [1.807, 2.05) is 43.3 Å². The zero-order valence-corrected chi connectivity index (χ0v) is 14.7.